The van der Waals surface area contributed by atoms with Gasteiger partial charge in [0.15, 0.2) is 0 Å². The van der Waals surface area contributed by atoms with E-state index in [1.165, 1.54) is 0 Å². The molecular formula is C7H8NNaO4. The second kappa shape index (κ2) is 5.36. The van der Waals surface area contributed by atoms with E-state index in [1.807, 2.05) is 0 Å². The van der Waals surface area contributed by atoms with Crippen molar-refractivity contribution in [3.8, 4) is 0 Å². The maximum absolute atomic E-state index is 10.9. The fourth-order valence-corrected chi connectivity index (χ4v) is 1.13. The molecule has 6 heteroatoms. The van der Waals surface area contributed by atoms with E-state index >= 15 is 0 Å². The molecule has 1 fully saturated rings. The third kappa shape index (κ3) is 3.89. The summed E-state index contributed by atoms with van der Waals surface area (Å²) in [5, 5.41) is 12.2. The topological polar surface area (TPSA) is 86.3 Å². The zero-order valence-corrected chi connectivity index (χ0v) is 9.33. The molecule has 2 amide bonds. The van der Waals surface area contributed by atoms with Gasteiger partial charge in [0, 0.05) is 18.3 Å². The number of hydrogen-bond acceptors (Lipinski definition) is 4. The minimum Gasteiger partial charge on any atom is -0.550 e. The zero-order valence-electron chi connectivity index (χ0n) is 7.33. The summed E-state index contributed by atoms with van der Waals surface area (Å²) in [4.78, 5) is 31.6. The van der Waals surface area contributed by atoms with Gasteiger partial charge in [-0.05, 0) is 12.8 Å². The summed E-state index contributed by atoms with van der Waals surface area (Å²) < 4.78 is 0. The largest absolute Gasteiger partial charge is 1.00 e. The van der Waals surface area contributed by atoms with E-state index in [0.29, 0.717) is 6.42 Å². The number of nitrogens with one attached hydrogen (secondary N) is 1. The molecule has 1 atom stereocenters. The van der Waals surface area contributed by atoms with Crippen LogP contribution >= 0.6 is 0 Å². The van der Waals surface area contributed by atoms with E-state index in [1.54, 1.807) is 0 Å². The van der Waals surface area contributed by atoms with Crippen molar-refractivity contribution < 1.29 is 49.0 Å². The smallest absolute Gasteiger partial charge is 0.550 e. The van der Waals surface area contributed by atoms with Crippen molar-refractivity contribution in [2.45, 2.75) is 19.3 Å². The molecule has 13 heavy (non-hydrogen) atoms. The quantitative estimate of drug-likeness (QED) is 0.352. The summed E-state index contributed by atoms with van der Waals surface area (Å²) in [5.41, 5.74) is 0. The molecule has 0 saturated carbocycles. The molecule has 0 aliphatic carbocycles. The van der Waals surface area contributed by atoms with Crippen LogP contribution in [0.1, 0.15) is 19.3 Å². The molecule has 0 aromatic carbocycles. The normalized spacial score (nSPS) is 21.7. The molecule has 0 bridgehead atoms. The molecular weight excluding hydrogens is 185 g/mol. The van der Waals surface area contributed by atoms with Gasteiger partial charge in [-0.25, -0.2) is 0 Å². The number of piperidine rings is 1. The number of carbonyl (C=O) groups excluding carboxylic acids is 3. The van der Waals surface area contributed by atoms with Gasteiger partial charge in [-0.15, -0.1) is 0 Å². The molecule has 5 nitrogen and oxygen atoms in total. The van der Waals surface area contributed by atoms with Gasteiger partial charge >= 0.3 is 29.6 Å². The molecule has 1 unspecified atom stereocenters. The van der Waals surface area contributed by atoms with E-state index in [4.69, 9.17) is 0 Å². The molecule has 1 aliphatic rings. The molecule has 0 aromatic rings. The molecule has 66 valence electrons. The van der Waals surface area contributed by atoms with Gasteiger partial charge in [-0.3, -0.25) is 14.9 Å². The standard InChI is InChI=1S/C7H9NO4.Na/c9-5-2-1-4(3-6(10)11)7(12)8-5;/h4H,1-3H2,(H,10,11)(H,8,9,12);/q;+1/p-1. The summed E-state index contributed by atoms with van der Waals surface area (Å²) in [6.07, 6.45) is 0.210. The number of carboxylic acid groups (broad SMARTS) is 1. The van der Waals surface area contributed by atoms with E-state index in [9.17, 15) is 19.5 Å². The van der Waals surface area contributed by atoms with E-state index in [2.05, 4.69) is 5.32 Å². The van der Waals surface area contributed by atoms with Crippen molar-refractivity contribution in [3.05, 3.63) is 0 Å². The average Bonchev–Trinajstić information content (AvgIpc) is 1.94. The molecule has 0 aromatic heterocycles. The van der Waals surface area contributed by atoms with Gasteiger partial charge in [0.2, 0.25) is 11.8 Å². The molecule has 1 saturated heterocycles. The van der Waals surface area contributed by atoms with E-state index in [-0.39, 0.29) is 48.3 Å². The number of rotatable bonds is 2. The fourth-order valence-electron chi connectivity index (χ4n) is 1.13. The van der Waals surface area contributed by atoms with Gasteiger partial charge in [-0.2, -0.15) is 0 Å². The van der Waals surface area contributed by atoms with Crippen LogP contribution in [0, 0.1) is 5.92 Å². The minimum absolute atomic E-state index is 0. The van der Waals surface area contributed by atoms with Gasteiger partial charge in [0.1, 0.15) is 0 Å². The monoisotopic (exact) mass is 193 g/mol. The van der Waals surface area contributed by atoms with Gasteiger partial charge in [-0.1, -0.05) is 0 Å². The first kappa shape index (κ1) is 12.6. The van der Waals surface area contributed by atoms with Crippen LogP contribution in [0.15, 0.2) is 0 Å². The van der Waals surface area contributed by atoms with Crippen LogP contribution in [-0.4, -0.2) is 17.8 Å². The maximum Gasteiger partial charge on any atom is 1.00 e. The van der Waals surface area contributed by atoms with Gasteiger partial charge in [0.05, 0.1) is 0 Å². The average molecular weight is 193 g/mol. The van der Waals surface area contributed by atoms with Crippen molar-refractivity contribution in [1.82, 2.24) is 5.32 Å². The van der Waals surface area contributed by atoms with Crippen LogP contribution in [0.2, 0.25) is 0 Å². The predicted molar refractivity (Wildman–Crippen MR) is 35.5 cm³/mol. The summed E-state index contributed by atoms with van der Waals surface area (Å²) in [6, 6.07) is 0. The van der Waals surface area contributed by atoms with Crippen LogP contribution < -0.4 is 40.0 Å². The van der Waals surface area contributed by atoms with E-state index in [0.717, 1.165) is 0 Å². The number of carboxylic acids is 1. The van der Waals surface area contributed by atoms with Crippen molar-refractivity contribution in [2.24, 2.45) is 5.92 Å². The molecule has 0 radical (unpaired) electrons. The van der Waals surface area contributed by atoms with Crippen molar-refractivity contribution in [2.75, 3.05) is 0 Å². The zero-order chi connectivity index (χ0) is 9.14. The van der Waals surface area contributed by atoms with Gasteiger partial charge < -0.3 is 9.90 Å². The van der Waals surface area contributed by atoms with Crippen LogP contribution in [0.4, 0.5) is 0 Å². The minimum atomic E-state index is -1.26. The number of aliphatic carboxylic acids is 1. The molecule has 1 N–H and O–H groups in total. The van der Waals surface area contributed by atoms with Crippen molar-refractivity contribution in [1.29, 1.82) is 0 Å². The van der Waals surface area contributed by atoms with Crippen LogP contribution in [0.3, 0.4) is 0 Å². The Morgan fingerprint density at radius 2 is 2.15 bits per heavy atom. The van der Waals surface area contributed by atoms with Crippen LogP contribution in [0.25, 0.3) is 0 Å². The number of carbonyl (C=O) groups is 3. The summed E-state index contributed by atoms with van der Waals surface area (Å²) >= 11 is 0. The second-order valence-corrected chi connectivity index (χ2v) is 2.72. The molecule has 0 spiro atoms. The summed E-state index contributed by atoms with van der Waals surface area (Å²) in [5.74, 6) is -2.71. The summed E-state index contributed by atoms with van der Waals surface area (Å²) in [6.45, 7) is 0. The van der Waals surface area contributed by atoms with E-state index < -0.39 is 17.8 Å². The third-order valence-corrected chi connectivity index (χ3v) is 1.77. The molecule has 1 heterocycles. The Morgan fingerprint density at radius 1 is 1.54 bits per heavy atom. The Morgan fingerprint density at radius 3 is 2.62 bits per heavy atom. The fraction of sp³-hybridized carbons (Fsp3) is 0.571. The predicted octanol–water partition coefficient (Wildman–Crippen LogP) is -4.82. The molecule has 1 aliphatic heterocycles. The second-order valence-electron chi connectivity index (χ2n) is 2.72. The Hall–Kier alpha value is -0.390. The maximum atomic E-state index is 10.9. The third-order valence-electron chi connectivity index (χ3n) is 1.77. The number of imide groups is 1. The first-order valence-corrected chi connectivity index (χ1v) is 3.63. The van der Waals surface area contributed by atoms with Crippen molar-refractivity contribution >= 4 is 17.8 Å². The number of amides is 2. The number of hydrogen-bond donors (Lipinski definition) is 1. The first-order valence-electron chi connectivity index (χ1n) is 3.63. The Balaban J connectivity index is 0.00000144. The SMILES string of the molecule is O=C([O-])CC1CCC(=O)NC1=O.[Na+]. The van der Waals surface area contributed by atoms with Crippen LogP contribution in [-0.2, 0) is 14.4 Å². The first-order chi connectivity index (χ1) is 5.59. The Labute approximate surface area is 97.2 Å². The summed E-state index contributed by atoms with van der Waals surface area (Å²) in [7, 11) is 0. The van der Waals surface area contributed by atoms with Crippen molar-refractivity contribution in [3.63, 3.8) is 0 Å². The Kier molecular flexibility index (Phi) is 5.20. The Bertz CT molecular complexity index is 241. The molecule has 1 rings (SSSR count). The van der Waals surface area contributed by atoms with Gasteiger partial charge in [0.25, 0.3) is 0 Å². The van der Waals surface area contributed by atoms with Crippen LogP contribution in [0.5, 0.6) is 0 Å².